The quantitative estimate of drug-likeness (QED) is 0.101. The number of hydrogen-bond acceptors (Lipinski definition) is 0. The van der Waals surface area contributed by atoms with Gasteiger partial charge in [0.05, 0.1) is 0 Å². The van der Waals surface area contributed by atoms with E-state index >= 15 is 0 Å². The van der Waals surface area contributed by atoms with Crippen LogP contribution in [0.2, 0.25) is 0 Å². The van der Waals surface area contributed by atoms with Gasteiger partial charge in [0.25, 0.3) is 0 Å². The van der Waals surface area contributed by atoms with Gasteiger partial charge >= 0.3 is 418 Å². The molecule has 0 nitrogen and oxygen atoms in total. The monoisotopic (exact) mass is 1020 g/mol. The summed E-state index contributed by atoms with van der Waals surface area (Å²) in [6, 6.07) is 65.9. The molecule has 0 saturated heterocycles. The van der Waals surface area contributed by atoms with Crippen molar-refractivity contribution >= 4 is 52.3 Å². The molecule has 0 bridgehead atoms. The molecule has 0 saturated carbocycles. The molecule has 2 unspecified atom stereocenters. The van der Waals surface area contributed by atoms with Crippen LogP contribution >= 0.6 is 17.0 Å². The van der Waals surface area contributed by atoms with Gasteiger partial charge in [-0.1, -0.05) is 0 Å². The molecule has 0 fully saturated rings. The third-order valence-corrected chi connectivity index (χ3v) is 38.4. The summed E-state index contributed by atoms with van der Waals surface area (Å²) in [6.07, 6.45) is 11.0. The predicted molar refractivity (Wildman–Crippen MR) is 296 cm³/mol. The average molecular weight is 1020 g/mol. The van der Waals surface area contributed by atoms with Gasteiger partial charge in [0.2, 0.25) is 0 Å². The number of fused-ring (bicyclic) bond motifs is 5. The maximum absolute atomic E-state index is 9.53. The van der Waals surface area contributed by atoms with Gasteiger partial charge in [-0.25, -0.2) is 0 Å². The van der Waals surface area contributed by atoms with Crippen molar-refractivity contribution < 1.29 is 16.4 Å². The van der Waals surface area contributed by atoms with Crippen molar-refractivity contribution in [2.24, 2.45) is 0 Å². The van der Waals surface area contributed by atoms with Crippen molar-refractivity contribution in [2.75, 3.05) is 0 Å². The summed E-state index contributed by atoms with van der Waals surface area (Å²) in [5, 5.41) is 2.95. The maximum atomic E-state index is 9.53. The first kappa shape index (κ1) is 45.4. The molecular weight excluding hydrogens is 959 g/mol. The van der Waals surface area contributed by atoms with Gasteiger partial charge in [-0.3, -0.25) is 0 Å². The molecule has 0 amide bonds. The number of allylic oxidation sites excluding steroid dienone is 2. The zero-order valence-electron chi connectivity index (χ0n) is 39.8. The molecular formula is C64H59Cl2SiZr. The Hall–Kier alpha value is -5.08. The summed E-state index contributed by atoms with van der Waals surface area (Å²) in [4.78, 5) is 0. The Labute approximate surface area is 414 Å². The summed E-state index contributed by atoms with van der Waals surface area (Å²) < 4.78 is 1.02. The van der Waals surface area contributed by atoms with E-state index in [4.69, 9.17) is 0 Å². The van der Waals surface area contributed by atoms with Crippen molar-refractivity contribution in [3.8, 4) is 55.6 Å². The van der Waals surface area contributed by atoms with E-state index in [1.165, 1.54) is 114 Å². The van der Waals surface area contributed by atoms with Crippen molar-refractivity contribution in [3.05, 3.63) is 220 Å². The van der Waals surface area contributed by atoms with Gasteiger partial charge in [-0.05, 0) is 0 Å². The van der Waals surface area contributed by atoms with Crippen LogP contribution in [0.15, 0.2) is 187 Å². The number of benzene rings is 8. The Morgan fingerprint density at radius 1 is 0.426 bits per heavy atom. The Morgan fingerprint density at radius 2 is 0.853 bits per heavy atom. The fourth-order valence-corrected chi connectivity index (χ4v) is 41.1. The van der Waals surface area contributed by atoms with Crippen LogP contribution in [0.3, 0.4) is 0 Å². The Morgan fingerprint density at radius 3 is 1.32 bits per heavy atom. The van der Waals surface area contributed by atoms with Crippen molar-refractivity contribution in [1.29, 1.82) is 0 Å². The fourth-order valence-electron chi connectivity index (χ4n) is 12.8. The van der Waals surface area contributed by atoms with Crippen molar-refractivity contribution in [3.63, 3.8) is 0 Å². The van der Waals surface area contributed by atoms with Crippen LogP contribution in [0.4, 0.5) is 0 Å². The summed E-state index contributed by atoms with van der Waals surface area (Å²) in [6.45, 7) is 9.29. The first-order valence-corrected chi connectivity index (χ1v) is 36.9. The number of halogens is 2. The number of aryl methyl sites for hydroxylation is 2. The minimum atomic E-state index is -5.76. The van der Waals surface area contributed by atoms with Crippen LogP contribution in [0.25, 0.3) is 67.8 Å². The van der Waals surface area contributed by atoms with E-state index in [1.54, 1.807) is 0 Å². The van der Waals surface area contributed by atoms with Crippen molar-refractivity contribution in [2.45, 2.75) is 73.5 Å². The zero-order chi connectivity index (χ0) is 46.6. The van der Waals surface area contributed by atoms with Crippen LogP contribution in [-0.2, 0) is 29.2 Å². The number of hydrogen-bond donors (Lipinski definition) is 0. The Kier molecular flexibility index (Phi) is 12.2. The third-order valence-electron chi connectivity index (χ3n) is 15.6. The van der Waals surface area contributed by atoms with Gasteiger partial charge in [-0.15, -0.1) is 0 Å². The molecule has 2 atom stereocenters. The molecule has 337 valence electrons. The summed E-state index contributed by atoms with van der Waals surface area (Å²) >= 11 is -5.76. The second kappa shape index (κ2) is 18.3. The van der Waals surface area contributed by atoms with E-state index in [2.05, 4.69) is 216 Å². The molecule has 3 aliphatic rings. The number of rotatable bonds is 13. The van der Waals surface area contributed by atoms with E-state index in [-0.39, 0.29) is 7.25 Å². The molecule has 0 spiro atoms. The van der Waals surface area contributed by atoms with Gasteiger partial charge in [0.15, 0.2) is 0 Å². The van der Waals surface area contributed by atoms with Crippen molar-refractivity contribution in [1.82, 2.24) is 0 Å². The normalized spacial score (nSPS) is 16.6. The molecule has 68 heavy (non-hydrogen) atoms. The minimum absolute atomic E-state index is 0.136. The summed E-state index contributed by atoms with van der Waals surface area (Å²) in [7, 11) is 18.2. The second-order valence-electron chi connectivity index (χ2n) is 19.4. The molecule has 0 N–H and O–H groups in total. The molecule has 4 heteroatoms. The van der Waals surface area contributed by atoms with E-state index in [9.17, 15) is 17.0 Å². The predicted octanol–water partition coefficient (Wildman–Crippen LogP) is 16.1. The molecule has 0 radical (unpaired) electrons. The molecule has 1 heterocycles. The Bertz CT molecular complexity index is 3140. The Balaban J connectivity index is 1.22. The van der Waals surface area contributed by atoms with Crippen LogP contribution in [0.5, 0.6) is 0 Å². The fraction of sp³-hybridized carbons (Fsp3) is 0.188. The average Bonchev–Trinajstić information content (AvgIpc) is 4.10. The molecule has 8 aromatic rings. The molecule has 11 rings (SSSR count). The van der Waals surface area contributed by atoms with Gasteiger partial charge in [0, 0.05) is 0 Å². The first-order chi connectivity index (χ1) is 33.3. The summed E-state index contributed by atoms with van der Waals surface area (Å²) in [5.74, 6) is 0. The standard InChI is InChI=1S/2C26H25.C12H9Si.2ClH.Zr/c2*1-3-10-21-15-16-22-17-19(4-2)18-25(22)26(21)24-14-9-8-13-23(24)20-11-6-5-7-12-20;1-3-7-11-9(5-1)10-6-2-4-8-12(10)13-11;;;/h2*5-9,11-18H,3-4,10H2,1-2H3;1-7H,13H2;2*1H;/q;;;;;+2/p-2. The molecule has 8 aromatic carbocycles. The molecule has 0 aromatic heterocycles. The van der Waals surface area contributed by atoms with Gasteiger partial charge in [-0.2, -0.15) is 0 Å². The van der Waals surface area contributed by atoms with E-state index < -0.39 is 25.9 Å². The molecule has 2 aliphatic carbocycles. The first-order valence-electron chi connectivity index (χ1n) is 25.1. The van der Waals surface area contributed by atoms with Crippen LogP contribution in [0, 0.1) is 0 Å². The van der Waals surface area contributed by atoms with E-state index in [0.717, 1.165) is 38.5 Å². The van der Waals surface area contributed by atoms with Crippen LogP contribution < -0.4 is 13.6 Å². The zero-order valence-corrected chi connectivity index (χ0v) is 45.1. The summed E-state index contributed by atoms with van der Waals surface area (Å²) in [5.41, 5.74) is 23.7. The van der Waals surface area contributed by atoms with Gasteiger partial charge < -0.3 is 0 Å². The van der Waals surface area contributed by atoms with Crippen LogP contribution in [-0.4, -0.2) is 9.52 Å². The van der Waals surface area contributed by atoms with Crippen LogP contribution in [0.1, 0.15) is 94.0 Å². The van der Waals surface area contributed by atoms with E-state index in [1.807, 2.05) is 0 Å². The van der Waals surface area contributed by atoms with Gasteiger partial charge in [0.1, 0.15) is 0 Å². The SMILES string of the molecule is CCCc1ccc2c(c1-c1ccccc1-c1ccccc1)C=C(CC)[CH]2[Zr]([Cl])([Cl])([c]1cccc2c1[SiH2]c1ccccc1-2)[CH]1C(CC)=Cc2c1ccc(CCC)c2-c1ccccc1-c1ccccc1. The third kappa shape index (κ3) is 7.23. The second-order valence-corrected chi connectivity index (χ2v) is 41.8. The topological polar surface area (TPSA) is 0 Å². The molecule has 1 aliphatic heterocycles. The van der Waals surface area contributed by atoms with E-state index in [0.29, 0.717) is 0 Å².